The minimum Gasteiger partial charge on any atom is -0.496 e. The maximum absolute atomic E-state index is 13.4. The van der Waals surface area contributed by atoms with E-state index in [0.717, 1.165) is 41.8 Å². The van der Waals surface area contributed by atoms with Gasteiger partial charge in [-0.1, -0.05) is 12.1 Å². The van der Waals surface area contributed by atoms with Crippen LogP contribution in [0.1, 0.15) is 54.1 Å². The largest absolute Gasteiger partial charge is 0.496 e. The molecule has 1 saturated heterocycles. The maximum atomic E-state index is 13.4. The Hall–Kier alpha value is -3.59. The Kier molecular flexibility index (Phi) is 7.29. The number of carbonyl (C=O) groups is 2. The van der Waals surface area contributed by atoms with E-state index in [1.165, 1.54) is 0 Å². The van der Waals surface area contributed by atoms with Crippen LogP contribution in [0.2, 0.25) is 0 Å². The minimum atomic E-state index is -0.201. The van der Waals surface area contributed by atoms with Gasteiger partial charge in [-0.05, 0) is 76.9 Å². The van der Waals surface area contributed by atoms with Crippen LogP contribution in [-0.4, -0.2) is 71.5 Å². The lowest BCUT2D eigenvalue weighted by molar-refractivity contribution is -0.121. The maximum Gasteiger partial charge on any atom is 0.326 e. The molecule has 2 N–H and O–H groups in total. The van der Waals surface area contributed by atoms with E-state index in [1.54, 1.807) is 17.7 Å². The number of nitrogens with zero attached hydrogens (tertiary/aromatic N) is 3. The third-order valence-corrected chi connectivity index (χ3v) is 8.27. The molecule has 0 radical (unpaired) electrons. The van der Waals surface area contributed by atoms with Crippen LogP contribution >= 0.6 is 0 Å². The second kappa shape index (κ2) is 10.6. The van der Waals surface area contributed by atoms with Crippen LogP contribution in [-0.2, 0) is 4.79 Å². The fraction of sp³-hybridized carbons (Fsp3) is 0.483. The van der Waals surface area contributed by atoms with Gasteiger partial charge in [-0.2, -0.15) is 0 Å². The monoisotopic (exact) mass is 519 g/mol. The van der Waals surface area contributed by atoms with Crippen molar-refractivity contribution in [1.82, 2.24) is 19.4 Å². The van der Waals surface area contributed by atoms with Gasteiger partial charge in [-0.15, -0.1) is 0 Å². The smallest absolute Gasteiger partial charge is 0.326 e. The van der Waals surface area contributed by atoms with Crippen molar-refractivity contribution in [2.75, 3.05) is 39.6 Å². The van der Waals surface area contributed by atoms with Crippen LogP contribution in [0.4, 0.5) is 5.69 Å². The average molecular weight is 520 g/mol. The molecule has 38 heavy (non-hydrogen) atoms. The molecule has 1 aliphatic heterocycles. The van der Waals surface area contributed by atoms with Crippen molar-refractivity contribution in [3.8, 4) is 5.75 Å². The van der Waals surface area contributed by atoms with E-state index < -0.39 is 0 Å². The lowest BCUT2D eigenvalue weighted by atomic mass is 9.85. The Balaban J connectivity index is 1.29. The Morgan fingerprint density at radius 1 is 1.08 bits per heavy atom. The molecule has 2 amide bonds. The van der Waals surface area contributed by atoms with Gasteiger partial charge < -0.3 is 24.8 Å². The molecule has 1 aromatic heterocycles. The number of likely N-dealkylation sites (N-methyl/N-ethyl adjacent to an activating group) is 1. The molecule has 9 heteroatoms. The molecule has 2 heterocycles. The number of benzene rings is 2. The molecule has 2 aliphatic rings. The molecule has 5 rings (SSSR count). The molecule has 3 aromatic rings. The summed E-state index contributed by atoms with van der Waals surface area (Å²) in [6, 6.07) is 11.5. The van der Waals surface area contributed by atoms with Crippen LogP contribution in [0.25, 0.3) is 11.0 Å². The molecule has 2 fully saturated rings. The summed E-state index contributed by atoms with van der Waals surface area (Å²) in [5, 5.41) is 3.02. The Morgan fingerprint density at radius 2 is 1.84 bits per heavy atom. The van der Waals surface area contributed by atoms with Gasteiger partial charge in [0, 0.05) is 42.8 Å². The van der Waals surface area contributed by atoms with Crippen LogP contribution < -0.4 is 15.7 Å². The number of hydrogen-bond donors (Lipinski definition) is 2. The third kappa shape index (κ3) is 4.95. The number of aryl methyl sites for hydroxylation is 1. The fourth-order valence-electron chi connectivity index (χ4n) is 5.95. The van der Waals surface area contributed by atoms with Crippen LogP contribution in [0, 0.1) is 12.8 Å². The number of likely N-dealkylation sites (tertiary alicyclic amines) is 1. The van der Waals surface area contributed by atoms with Crippen molar-refractivity contribution in [2.45, 2.75) is 51.1 Å². The van der Waals surface area contributed by atoms with Gasteiger partial charge in [-0.3, -0.25) is 14.2 Å². The lowest BCUT2D eigenvalue weighted by Crippen LogP contribution is -2.34. The SMILES string of the molecule is COc1cc(NC(=O)[C@H]2CC[C@@H](n3c(=O)[nH]c4c(C(=O)N5CC[C@H](N(C)C)C5)cccc43)CC2)ccc1C. The first-order valence-electron chi connectivity index (χ1n) is 13.4. The molecule has 0 spiro atoms. The van der Waals surface area contributed by atoms with Gasteiger partial charge >= 0.3 is 5.69 Å². The highest BCUT2D eigenvalue weighted by Crippen LogP contribution is 2.34. The number of para-hydroxylation sites is 1. The Bertz CT molecular complexity index is 1400. The van der Waals surface area contributed by atoms with E-state index in [1.807, 2.05) is 56.3 Å². The van der Waals surface area contributed by atoms with Gasteiger partial charge in [0.2, 0.25) is 5.91 Å². The summed E-state index contributed by atoms with van der Waals surface area (Å²) in [6.07, 6.45) is 3.77. The van der Waals surface area contributed by atoms with Gasteiger partial charge in [0.05, 0.1) is 23.7 Å². The van der Waals surface area contributed by atoms with Crippen LogP contribution in [0.3, 0.4) is 0 Å². The van der Waals surface area contributed by atoms with Crippen LogP contribution in [0.15, 0.2) is 41.2 Å². The number of imidazole rings is 1. The van der Waals surface area contributed by atoms with Crippen molar-refractivity contribution < 1.29 is 14.3 Å². The Labute approximate surface area is 222 Å². The van der Waals surface area contributed by atoms with Crippen molar-refractivity contribution in [3.63, 3.8) is 0 Å². The number of H-pyrrole nitrogens is 1. The predicted molar refractivity (Wildman–Crippen MR) is 148 cm³/mol. The number of fused-ring (bicyclic) bond motifs is 1. The second-order valence-corrected chi connectivity index (χ2v) is 10.8. The zero-order valence-electron chi connectivity index (χ0n) is 22.6. The number of carbonyl (C=O) groups excluding carboxylic acids is 2. The van der Waals surface area contributed by atoms with Crippen molar-refractivity contribution in [1.29, 1.82) is 0 Å². The minimum absolute atomic E-state index is 0.00449. The number of aromatic nitrogens is 2. The first-order chi connectivity index (χ1) is 18.3. The molecule has 1 atom stereocenters. The van der Waals surface area contributed by atoms with E-state index in [0.29, 0.717) is 43.1 Å². The van der Waals surface area contributed by atoms with Crippen molar-refractivity contribution in [3.05, 3.63) is 58.0 Å². The van der Waals surface area contributed by atoms with E-state index in [9.17, 15) is 14.4 Å². The van der Waals surface area contributed by atoms with Gasteiger partial charge in [-0.25, -0.2) is 4.79 Å². The number of methoxy groups -OCH3 is 1. The molecular weight excluding hydrogens is 482 g/mol. The summed E-state index contributed by atoms with van der Waals surface area (Å²) < 4.78 is 7.16. The van der Waals surface area contributed by atoms with E-state index in [2.05, 4.69) is 15.2 Å². The van der Waals surface area contributed by atoms with Gasteiger partial charge in [0.1, 0.15) is 5.75 Å². The highest BCUT2D eigenvalue weighted by molar-refractivity contribution is 6.05. The highest BCUT2D eigenvalue weighted by atomic mass is 16.5. The number of anilines is 1. The number of aromatic amines is 1. The molecule has 1 saturated carbocycles. The van der Waals surface area contributed by atoms with Gasteiger partial charge in [0.15, 0.2) is 0 Å². The molecule has 0 unspecified atom stereocenters. The predicted octanol–water partition coefficient (Wildman–Crippen LogP) is 3.79. The number of nitrogens with one attached hydrogen (secondary N) is 2. The molecule has 202 valence electrons. The third-order valence-electron chi connectivity index (χ3n) is 8.27. The molecule has 1 aliphatic carbocycles. The lowest BCUT2D eigenvalue weighted by Gasteiger charge is -2.28. The summed E-state index contributed by atoms with van der Waals surface area (Å²) in [4.78, 5) is 46.4. The van der Waals surface area contributed by atoms with Gasteiger partial charge in [0.25, 0.3) is 5.91 Å². The highest BCUT2D eigenvalue weighted by Gasteiger charge is 2.32. The van der Waals surface area contributed by atoms with E-state index in [4.69, 9.17) is 4.74 Å². The van der Waals surface area contributed by atoms with Crippen LogP contribution in [0.5, 0.6) is 5.75 Å². The fourth-order valence-corrected chi connectivity index (χ4v) is 5.95. The zero-order valence-corrected chi connectivity index (χ0v) is 22.6. The van der Waals surface area contributed by atoms with E-state index >= 15 is 0 Å². The summed E-state index contributed by atoms with van der Waals surface area (Å²) in [6.45, 7) is 3.36. The molecule has 9 nitrogen and oxygen atoms in total. The zero-order chi connectivity index (χ0) is 27.0. The molecule has 0 bridgehead atoms. The normalized spacial score (nSPS) is 21.7. The molecule has 2 aromatic carbocycles. The number of rotatable bonds is 6. The standard InChI is InChI=1S/C29H37N5O4/c1-18-8-11-20(16-25(18)38-4)30-27(35)19-9-12-21(13-10-19)34-24-7-5-6-23(26(24)31-29(34)37)28(36)33-15-14-22(17-33)32(2)3/h5-8,11,16,19,21-22H,9-10,12-15,17H2,1-4H3,(H,30,35)(H,31,37)/t19-,21+,22-/m0/s1. The summed E-state index contributed by atoms with van der Waals surface area (Å²) in [5.41, 5.74) is 3.43. The topological polar surface area (TPSA) is 99.7 Å². The summed E-state index contributed by atoms with van der Waals surface area (Å²) >= 11 is 0. The Morgan fingerprint density at radius 3 is 2.53 bits per heavy atom. The first-order valence-corrected chi connectivity index (χ1v) is 13.4. The average Bonchev–Trinajstić information content (AvgIpc) is 3.54. The molecular formula is C29H37N5O4. The summed E-state index contributed by atoms with van der Waals surface area (Å²) in [7, 11) is 5.69. The number of ether oxygens (including phenoxy) is 1. The first kappa shape index (κ1) is 26.0. The van der Waals surface area contributed by atoms with Crippen molar-refractivity contribution in [2.24, 2.45) is 5.92 Å². The number of amides is 2. The second-order valence-electron chi connectivity index (χ2n) is 10.8. The van der Waals surface area contributed by atoms with Crippen molar-refractivity contribution >= 4 is 28.5 Å². The number of hydrogen-bond acceptors (Lipinski definition) is 5. The summed E-state index contributed by atoms with van der Waals surface area (Å²) in [5.74, 6) is 0.582. The van der Waals surface area contributed by atoms with E-state index in [-0.39, 0.29) is 29.5 Å². The quantitative estimate of drug-likeness (QED) is 0.516.